The maximum atomic E-state index is 12.3. The van der Waals surface area contributed by atoms with E-state index in [0.29, 0.717) is 22.2 Å². The van der Waals surface area contributed by atoms with Crippen LogP contribution in [0.15, 0.2) is 60.0 Å². The first kappa shape index (κ1) is 18.9. The third-order valence-electron chi connectivity index (χ3n) is 3.73. The SMILES string of the molecule is O=C(NCc1ccccc1Cl)c1cc(COc2ccc([N+](=O)[O-])cc2)cs1. The van der Waals surface area contributed by atoms with Crippen molar-refractivity contribution in [3.8, 4) is 5.75 Å². The van der Waals surface area contributed by atoms with Crippen molar-refractivity contribution in [3.63, 3.8) is 0 Å². The molecule has 1 N–H and O–H groups in total. The molecule has 0 aliphatic rings. The molecule has 0 fully saturated rings. The van der Waals surface area contributed by atoms with E-state index in [2.05, 4.69) is 5.32 Å². The number of hydrogen-bond donors (Lipinski definition) is 1. The number of nitrogens with one attached hydrogen (secondary N) is 1. The van der Waals surface area contributed by atoms with Crippen LogP contribution in [-0.4, -0.2) is 10.8 Å². The van der Waals surface area contributed by atoms with E-state index < -0.39 is 4.92 Å². The summed E-state index contributed by atoms with van der Waals surface area (Å²) in [4.78, 5) is 23.0. The minimum atomic E-state index is -0.462. The van der Waals surface area contributed by atoms with E-state index >= 15 is 0 Å². The number of rotatable bonds is 7. The predicted octanol–water partition coefficient (Wildman–Crippen LogP) is 4.82. The molecule has 3 rings (SSSR count). The number of nitrogens with zero attached hydrogens (tertiary/aromatic N) is 1. The second-order valence-electron chi connectivity index (χ2n) is 5.63. The Balaban J connectivity index is 1.53. The Morgan fingerprint density at radius 1 is 1.19 bits per heavy atom. The molecule has 0 saturated heterocycles. The summed E-state index contributed by atoms with van der Waals surface area (Å²) in [5, 5.41) is 15.9. The standard InChI is InChI=1S/C19H15ClN2O4S/c20-17-4-2-1-3-14(17)10-21-19(23)18-9-13(12-27-18)11-26-16-7-5-15(6-8-16)22(24)25/h1-9,12H,10-11H2,(H,21,23). The van der Waals surface area contributed by atoms with Crippen LogP contribution in [0.2, 0.25) is 5.02 Å². The van der Waals surface area contributed by atoms with Gasteiger partial charge in [-0.2, -0.15) is 0 Å². The molecule has 3 aromatic rings. The summed E-state index contributed by atoms with van der Waals surface area (Å²) in [5.74, 6) is 0.345. The number of ether oxygens (including phenoxy) is 1. The summed E-state index contributed by atoms with van der Waals surface area (Å²) >= 11 is 7.41. The van der Waals surface area contributed by atoms with E-state index in [1.54, 1.807) is 24.3 Å². The summed E-state index contributed by atoms with van der Waals surface area (Å²) < 4.78 is 5.60. The molecule has 0 atom stereocenters. The third kappa shape index (κ3) is 5.06. The number of carbonyl (C=O) groups excluding carboxylic acids is 1. The molecule has 1 heterocycles. The van der Waals surface area contributed by atoms with Gasteiger partial charge in [0.05, 0.1) is 9.80 Å². The lowest BCUT2D eigenvalue weighted by atomic mass is 10.2. The van der Waals surface area contributed by atoms with E-state index in [0.717, 1.165) is 11.1 Å². The van der Waals surface area contributed by atoms with Gasteiger partial charge in [0.1, 0.15) is 12.4 Å². The van der Waals surface area contributed by atoms with E-state index in [1.807, 2.05) is 23.6 Å². The highest BCUT2D eigenvalue weighted by atomic mass is 35.5. The van der Waals surface area contributed by atoms with Crippen molar-refractivity contribution >= 4 is 34.5 Å². The number of nitro benzene ring substituents is 1. The van der Waals surface area contributed by atoms with Crippen molar-refractivity contribution in [2.75, 3.05) is 0 Å². The smallest absolute Gasteiger partial charge is 0.269 e. The minimum Gasteiger partial charge on any atom is -0.489 e. The number of halogens is 1. The Kier molecular flexibility index (Phi) is 6.05. The Morgan fingerprint density at radius 2 is 1.93 bits per heavy atom. The van der Waals surface area contributed by atoms with E-state index in [-0.39, 0.29) is 18.2 Å². The fraction of sp³-hybridized carbons (Fsp3) is 0.105. The quantitative estimate of drug-likeness (QED) is 0.453. The van der Waals surface area contributed by atoms with Crippen LogP contribution in [-0.2, 0) is 13.2 Å². The molecular formula is C19H15ClN2O4S. The first-order valence-electron chi connectivity index (χ1n) is 7.99. The lowest BCUT2D eigenvalue weighted by molar-refractivity contribution is -0.384. The van der Waals surface area contributed by atoms with Crippen molar-refractivity contribution in [1.82, 2.24) is 5.32 Å². The average Bonchev–Trinajstić information content (AvgIpc) is 3.15. The van der Waals surface area contributed by atoms with Crippen LogP contribution in [0.25, 0.3) is 0 Å². The van der Waals surface area contributed by atoms with Gasteiger partial charge in [-0.1, -0.05) is 29.8 Å². The van der Waals surface area contributed by atoms with Gasteiger partial charge in [-0.25, -0.2) is 0 Å². The predicted molar refractivity (Wildman–Crippen MR) is 104 cm³/mol. The Hall–Kier alpha value is -2.90. The van der Waals surface area contributed by atoms with Gasteiger partial charge < -0.3 is 10.1 Å². The maximum Gasteiger partial charge on any atom is 0.269 e. The zero-order valence-corrected chi connectivity index (χ0v) is 15.6. The first-order valence-corrected chi connectivity index (χ1v) is 9.25. The Bertz CT molecular complexity index is 956. The highest BCUT2D eigenvalue weighted by molar-refractivity contribution is 7.12. The van der Waals surface area contributed by atoms with Crippen LogP contribution in [0, 0.1) is 10.1 Å². The molecule has 6 nitrogen and oxygen atoms in total. The van der Waals surface area contributed by atoms with Gasteiger partial charge in [-0.05, 0) is 35.2 Å². The third-order valence-corrected chi connectivity index (χ3v) is 5.07. The highest BCUT2D eigenvalue weighted by Crippen LogP contribution is 2.21. The molecule has 1 amide bonds. The largest absolute Gasteiger partial charge is 0.489 e. The lowest BCUT2D eigenvalue weighted by Gasteiger charge is -2.05. The molecule has 1 aromatic heterocycles. The van der Waals surface area contributed by atoms with Gasteiger partial charge in [-0.3, -0.25) is 14.9 Å². The zero-order chi connectivity index (χ0) is 19.2. The van der Waals surface area contributed by atoms with Crippen LogP contribution in [0.5, 0.6) is 5.75 Å². The minimum absolute atomic E-state index is 0.00959. The van der Waals surface area contributed by atoms with Crippen molar-refractivity contribution in [3.05, 3.63) is 91.1 Å². The number of amides is 1. The second-order valence-corrected chi connectivity index (χ2v) is 6.95. The zero-order valence-electron chi connectivity index (χ0n) is 14.1. The molecule has 0 aliphatic carbocycles. The van der Waals surface area contributed by atoms with E-state index in [9.17, 15) is 14.9 Å². The molecule has 0 spiro atoms. The number of hydrogen-bond acceptors (Lipinski definition) is 5. The summed E-state index contributed by atoms with van der Waals surface area (Å²) in [6.07, 6.45) is 0. The fourth-order valence-electron chi connectivity index (χ4n) is 2.31. The van der Waals surface area contributed by atoms with Gasteiger partial charge in [0, 0.05) is 29.3 Å². The van der Waals surface area contributed by atoms with E-state index in [4.69, 9.17) is 16.3 Å². The molecular weight excluding hydrogens is 388 g/mol. The molecule has 0 unspecified atom stereocenters. The Labute approximate surface area is 164 Å². The van der Waals surface area contributed by atoms with Crippen LogP contribution in [0.3, 0.4) is 0 Å². The topological polar surface area (TPSA) is 81.5 Å². The van der Waals surface area contributed by atoms with Crippen LogP contribution in [0.4, 0.5) is 5.69 Å². The molecule has 2 aromatic carbocycles. The van der Waals surface area contributed by atoms with Gasteiger partial charge in [0.25, 0.3) is 11.6 Å². The average molecular weight is 403 g/mol. The van der Waals surface area contributed by atoms with Crippen molar-refractivity contribution in [2.24, 2.45) is 0 Å². The highest BCUT2D eigenvalue weighted by Gasteiger charge is 2.11. The monoisotopic (exact) mass is 402 g/mol. The molecule has 0 radical (unpaired) electrons. The van der Waals surface area contributed by atoms with Gasteiger partial charge in [0.15, 0.2) is 0 Å². The first-order chi connectivity index (χ1) is 13.0. The number of carbonyl (C=O) groups is 1. The number of thiophene rings is 1. The summed E-state index contributed by atoms with van der Waals surface area (Å²) in [6.45, 7) is 0.622. The molecule has 0 bridgehead atoms. The number of non-ortho nitro benzene ring substituents is 1. The van der Waals surface area contributed by atoms with Crippen molar-refractivity contribution < 1.29 is 14.5 Å². The molecule has 138 valence electrons. The van der Waals surface area contributed by atoms with Crippen LogP contribution in [0.1, 0.15) is 20.8 Å². The van der Waals surface area contributed by atoms with Gasteiger partial charge >= 0.3 is 0 Å². The summed E-state index contributed by atoms with van der Waals surface area (Å²) in [7, 11) is 0. The second kappa shape index (κ2) is 8.66. The van der Waals surface area contributed by atoms with Crippen LogP contribution >= 0.6 is 22.9 Å². The van der Waals surface area contributed by atoms with E-state index in [1.165, 1.54) is 23.5 Å². The van der Waals surface area contributed by atoms with Crippen molar-refractivity contribution in [2.45, 2.75) is 13.2 Å². The van der Waals surface area contributed by atoms with Gasteiger partial charge in [-0.15, -0.1) is 11.3 Å². The normalized spacial score (nSPS) is 10.4. The summed E-state index contributed by atoms with van der Waals surface area (Å²) in [5.41, 5.74) is 1.71. The van der Waals surface area contributed by atoms with Crippen LogP contribution < -0.4 is 10.1 Å². The molecule has 0 aliphatic heterocycles. The van der Waals surface area contributed by atoms with Crippen molar-refractivity contribution in [1.29, 1.82) is 0 Å². The van der Waals surface area contributed by atoms with Gasteiger partial charge in [0.2, 0.25) is 0 Å². The molecule has 0 saturated carbocycles. The molecule has 8 heteroatoms. The fourth-order valence-corrected chi connectivity index (χ4v) is 3.32. The summed E-state index contributed by atoms with van der Waals surface area (Å²) in [6, 6.07) is 15.0. The lowest BCUT2D eigenvalue weighted by Crippen LogP contribution is -2.21. The molecule has 27 heavy (non-hydrogen) atoms. The maximum absolute atomic E-state index is 12.3. The number of benzene rings is 2. The number of nitro groups is 1. The Morgan fingerprint density at radius 3 is 2.63 bits per heavy atom.